The molecule has 1 fully saturated rings. The number of nitrogens with one attached hydrogen (secondary N) is 1. The van der Waals surface area contributed by atoms with E-state index in [0.717, 1.165) is 5.56 Å². The van der Waals surface area contributed by atoms with Crippen molar-refractivity contribution >= 4 is 26.8 Å². The van der Waals surface area contributed by atoms with Crippen LogP contribution in [0.15, 0.2) is 36.4 Å². The highest BCUT2D eigenvalue weighted by molar-refractivity contribution is 7.91. The Bertz CT molecular complexity index is 1200. The molecule has 1 aromatic carbocycles. The number of aryl methyl sites for hydroxylation is 1. The Balaban J connectivity index is 1.90. The predicted molar refractivity (Wildman–Crippen MR) is 117 cm³/mol. The number of fused-ring (bicyclic) bond motifs is 1. The van der Waals surface area contributed by atoms with Gasteiger partial charge in [-0.25, -0.2) is 18.1 Å². The van der Waals surface area contributed by atoms with Gasteiger partial charge in [0.25, 0.3) is 5.91 Å². The van der Waals surface area contributed by atoms with Gasteiger partial charge in [0.2, 0.25) is 0 Å². The van der Waals surface area contributed by atoms with Crippen molar-refractivity contribution in [2.75, 3.05) is 18.1 Å². The summed E-state index contributed by atoms with van der Waals surface area (Å²) >= 11 is 0. The van der Waals surface area contributed by atoms with Crippen molar-refractivity contribution in [3.05, 3.63) is 47.7 Å². The molecule has 0 saturated carbocycles. The minimum Gasteiger partial charge on any atom is -0.352 e. The monoisotopic (exact) mass is 426 g/mol. The summed E-state index contributed by atoms with van der Waals surface area (Å²) < 4.78 is 25.8. The largest absolute Gasteiger partial charge is 0.352 e. The van der Waals surface area contributed by atoms with Crippen LogP contribution in [0.25, 0.3) is 22.3 Å². The standard InChI is InChI=1S/C22H26N4O3S/c1-14(2)12-23-22(27)18-11-19(16-7-5-4-6-8-16)24-21-20(18)15(3)25-26(21)17-9-10-30(28,29)13-17/h4-8,11,14,17H,9-10,12-13H2,1-3H3,(H,23,27). The first-order chi connectivity index (χ1) is 14.2. The lowest BCUT2D eigenvalue weighted by Gasteiger charge is -2.13. The molecule has 30 heavy (non-hydrogen) atoms. The smallest absolute Gasteiger partial charge is 0.252 e. The maximum Gasteiger partial charge on any atom is 0.252 e. The van der Waals surface area contributed by atoms with Crippen molar-refractivity contribution in [1.29, 1.82) is 0 Å². The summed E-state index contributed by atoms with van der Waals surface area (Å²) in [6, 6.07) is 11.2. The average Bonchev–Trinajstić information content (AvgIpc) is 3.25. The van der Waals surface area contributed by atoms with Crippen LogP contribution in [-0.4, -0.2) is 47.1 Å². The highest BCUT2D eigenvalue weighted by atomic mass is 32.2. The fraction of sp³-hybridized carbons (Fsp3) is 0.409. The first-order valence-electron chi connectivity index (χ1n) is 10.2. The van der Waals surface area contributed by atoms with Crippen LogP contribution in [0.3, 0.4) is 0 Å². The van der Waals surface area contributed by atoms with Gasteiger partial charge in [-0.2, -0.15) is 5.10 Å². The van der Waals surface area contributed by atoms with Crippen LogP contribution in [-0.2, 0) is 9.84 Å². The zero-order valence-corrected chi connectivity index (χ0v) is 18.2. The van der Waals surface area contributed by atoms with Gasteiger partial charge in [-0.05, 0) is 25.3 Å². The Kier molecular flexibility index (Phi) is 5.36. The lowest BCUT2D eigenvalue weighted by atomic mass is 10.0. The van der Waals surface area contributed by atoms with Gasteiger partial charge in [0.1, 0.15) is 0 Å². The number of carbonyl (C=O) groups is 1. The van der Waals surface area contributed by atoms with E-state index in [4.69, 9.17) is 4.98 Å². The summed E-state index contributed by atoms with van der Waals surface area (Å²) in [4.78, 5) is 17.9. The van der Waals surface area contributed by atoms with Crippen molar-refractivity contribution in [2.24, 2.45) is 5.92 Å². The third kappa shape index (κ3) is 3.96. The Morgan fingerprint density at radius 2 is 2.00 bits per heavy atom. The molecule has 0 bridgehead atoms. The lowest BCUT2D eigenvalue weighted by Crippen LogP contribution is -2.27. The molecule has 0 radical (unpaired) electrons. The number of aromatic nitrogens is 3. The molecule has 158 valence electrons. The number of nitrogens with zero attached hydrogens (tertiary/aromatic N) is 3. The highest BCUT2D eigenvalue weighted by Gasteiger charge is 2.32. The molecule has 0 spiro atoms. The summed E-state index contributed by atoms with van der Waals surface area (Å²) in [6.07, 6.45) is 0.505. The Hall–Kier alpha value is -2.74. The van der Waals surface area contributed by atoms with Crippen LogP contribution < -0.4 is 5.32 Å². The van der Waals surface area contributed by atoms with E-state index >= 15 is 0 Å². The molecule has 3 aromatic rings. The van der Waals surface area contributed by atoms with Gasteiger partial charge in [-0.1, -0.05) is 44.2 Å². The molecule has 7 nitrogen and oxygen atoms in total. The molecule has 1 saturated heterocycles. The number of hydrogen-bond donors (Lipinski definition) is 1. The Morgan fingerprint density at radius 1 is 1.27 bits per heavy atom. The Labute approximate surface area is 176 Å². The first-order valence-corrected chi connectivity index (χ1v) is 12.0. The molecule has 1 unspecified atom stereocenters. The van der Waals surface area contributed by atoms with Gasteiger partial charge < -0.3 is 5.32 Å². The van der Waals surface area contributed by atoms with Gasteiger partial charge in [-0.15, -0.1) is 0 Å². The molecular formula is C22H26N4O3S. The zero-order chi connectivity index (χ0) is 21.5. The molecule has 1 amide bonds. The summed E-state index contributed by atoms with van der Waals surface area (Å²) in [5, 5.41) is 8.29. The number of benzene rings is 1. The van der Waals surface area contributed by atoms with E-state index in [2.05, 4.69) is 10.4 Å². The second kappa shape index (κ2) is 7.83. The van der Waals surface area contributed by atoms with Crippen LogP contribution in [0.2, 0.25) is 0 Å². The summed E-state index contributed by atoms with van der Waals surface area (Å²) in [7, 11) is -3.08. The molecule has 4 rings (SSSR count). The summed E-state index contributed by atoms with van der Waals surface area (Å²) in [6.45, 7) is 6.49. The van der Waals surface area contributed by atoms with Crippen LogP contribution in [0.4, 0.5) is 0 Å². The molecule has 3 heterocycles. The van der Waals surface area contributed by atoms with Crippen molar-refractivity contribution in [3.8, 4) is 11.3 Å². The first kappa shape index (κ1) is 20.5. The number of hydrogen-bond acceptors (Lipinski definition) is 5. The van der Waals surface area contributed by atoms with E-state index in [1.54, 1.807) is 10.7 Å². The number of pyridine rings is 1. The van der Waals surface area contributed by atoms with Gasteiger partial charge in [0.05, 0.1) is 39.9 Å². The average molecular weight is 427 g/mol. The molecular weight excluding hydrogens is 400 g/mol. The van der Waals surface area contributed by atoms with E-state index in [0.29, 0.717) is 46.9 Å². The van der Waals surface area contributed by atoms with Crippen molar-refractivity contribution < 1.29 is 13.2 Å². The van der Waals surface area contributed by atoms with E-state index in [-0.39, 0.29) is 23.5 Å². The van der Waals surface area contributed by atoms with E-state index in [9.17, 15) is 13.2 Å². The molecule has 1 aliphatic heterocycles. The molecule has 2 aromatic heterocycles. The number of carbonyl (C=O) groups excluding carboxylic acids is 1. The van der Waals surface area contributed by atoms with Crippen molar-refractivity contribution in [2.45, 2.75) is 33.2 Å². The quantitative estimate of drug-likeness (QED) is 0.676. The third-order valence-electron chi connectivity index (χ3n) is 5.38. The molecule has 0 aliphatic carbocycles. The molecule has 1 N–H and O–H groups in total. The fourth-order valence-electron chi connectivity index (χ4n) is 3.86. The summed E-state index contributed by atoms with van der Waals surface area (Å²) in [5.41, 5.74) is 3.31. The van der Waals surface area contributed by atoms with Gasteiger partial charge in [0.15, 0.2) is 15.5 Å². The van der Waals surface area contributed by atoms with Crippen molar-refractivity contribution in [3.63, 3.8) is 0 Å². The fourth-order valence-corrected chi connectivity index (χ4v) is 5.56. The maximum absolute atomic E-state index is 13.1. The maximum atomic E-state index is 13.1. The Morgan fingerprint density at radius 3 is 2.63 bits per heavy atom. The minimum atomic E-state index is -3.08. The van der Waals surface area contributed by atoms with Gasteiger partial charge >= 0.3 is 0 Å². The number of rotatable bonds is 5. The van der Waals surface area contributed by atoms with Crippen LogP contribution in [0.5, 0.6) is 0 Å². The number of amides is 1. The van der Waals surface area contributed by atoms with E-state index in [1.165, 1.54) is 0 Å². The second-order valence-corrected chi connectivity index (χ2v) is 10.5. The SMILES string of the molecule is Cc1nn(C2CCS(=O)(=O)C2)c2nc(-c3ccccc3)cc(C(=O)NCC(C)C)c12. The minimum absolute atomic E-state index is 0.0509. The van der Waals surface area contributed by atoms with Gasteiger partial charge in [0, 0.05) is 12.1 Å². The lowest BCUT2D eigenvalue weighted by molar-refractivity contribution is 0.0950. The molecule has 1 atom stereocenters. The highest BCUT2D eigenvalue weighted by Crippen LogP contribution is 2.32. The van der Waals surface area contributed by atoms with Crippen LogP contribution >= 0.6 is 0 Å². The molecule has 1 aliphatic rings. The second-order valence-electron chi connectivity index (χ2n) is 8.31. The topological polar surface area (TPSA) is 93.9 Å². The van der Waals surface area contributed by atoms with E-state index in [1.807, 2.05) is 51.1 Å². The normalized spacial score (nSPS) is 18.2. The van der Waals surface area contributed by atoms with E-state index < -0.39 is 9.84 Å². The van der Waals surface area contributed by atoms with Crippen LogP contribution in [0, 0.1) is 12.8 Å². The number of sulfone groups is 1. The van der Waals surface area contributed by atoms with Crippen molar-refractivity contribution in [1.82, 2.24) is 20.1 Å². The third-order valence-corrected chi connectivity index (χ3v) is 7.13. The summed E-state index contributed by atoms with van der Waals surface area (Å²) in [5.74, 6) is 0.357. The molecule has 8 heteroatoms. The van der Waals surface area contributed by atoms with Crippen LogP contribution in [0.1, 0.15) is 42.4 Å². The predicted octanol–water partition coefficient (Wildman–Crippen LogP) is 3.15. The van der Waals surface area contributed by atoms with Gasteiger partial charge in [-0.3, -0.25) is 4.79 Å². The zero-order valence-electron chi connectivity index (χ0n) is 17.4.